The molecule has 0 radical (unpaired) electrons. The number of rotatable bonds is 24. The molecule has 2 saturated heterocycles. The van der Waals surface area contributed by atoms with E-state index in [1.807, 2.05) is 27.7 Å². The summed E-state index contributed by atoms with van der Waals surface area (Å²) in [6.07, 6.45) is 9.40. The Balaban J connectivity index is 0.000000171. The summed E-state index contributed by atoms with van der Waals surface area (Å²) in [5.74, 6) is 1.84. The van der Waals surface area contributed by atoms with E-state index in [0.717, 1.165) is 180 Å². The van der Waals surface area contributed by atoms with Crippen LogP contribution in [0.1, 0.15) is 33.6 Å². The van der Waals surface area contributed by atoms with Gasteiger partial charge in [-0.15, -0.1) is 22.7 Å². The third kappa shape index (κ3) is 15.5. The largest absolute Gasteiger partial charge is 0.487 e. The summed E-state index contributed by atoms with van der Waals surface area (Å²) in [5.41, 5.74) is 9.78. The molecule has 6 aromatic heterocycles. The van der Waals surface area contributed by atoms with Crippen LogP contribution in [0.3, 0.4) is 0 Å². The number of β-amino-alcohol motifs (C(OH)–C–C–N with tert-alkyl or cyclic N) is 2. The SMILES string of the molecule is COCCN1CCN(C[C@@H](O)Cn2cc3c(n2)CCc2c-3sc3ncnc(Nc4ccc(OCc5cccc(F)c5)c(Cl)c4)c23)CC1.COCCN1CCN(C[C@@H](O)Cn2ncc3c2CCc2c-3sc3ncnc(Nc4ccc(OCc5cccc(F)c5)c(Cl)c4)c23)CC1. The number of anilines is 4. The number of benzene rings is 4. The number of methoxy groups -OCH3 is 2. The highest BCUT2D eigenvalue weighted by Crippen LogP contribution is 2.47. The zero-order chi connectivity index (χ0) is 64.7. The van der Waals surface area contributed by atoms with Crippen molar-refractivity contribution in [1.29, 1.82) is 0 Å². The summed E-state index contributed by atoms with van der Waals surface area (Å²) < 4.78 is 53.0. The maximum Gasteiger partial charge on any atom is 0.142 e. The van der Waals surface area contributed by atoms with E-state index in [2.05, 4.69) is 56.4 Å². The van der Waals surface area contributed by atoms with Gasteiger partial charge in [0, 0.05) is 137 Å². The Kier molecular flexibility index (Phi) is 21.0. The van der Waals surface area contributed by atoms with E-state index in [-0.39, 0.29) is 24.8 Å². The molecular weight excluding hydrogens is 1280 g/mol. The number of aliphatic hydroxyl groups is 2. The van der Waals surface area contributed by atoms with Crippen LogP contribution in [0.4, 0.5) is 31.8 Å². The molecule has 2 fully saturated rings. The minimum absolute atomic E-state index is 0.211. The van der Waals surface area contributed by atoms with Crippen molar-refractivity contribution in [3.05, 3.63) is 165 Å². The second-order valence-corrected chi connectivity index (χ2v) is 26.8. The second kappa shape index (κ2) is 30.2. The number of hydrogen-bond donors (Lipinski definition) is 4. The first-order chi connectivity index (χ1) is 45.9. The molecule has 2 atom stereocenters. The van der Waals surface area contributed by atoms with Crippen molar-refractivity contribution >= 4 is 89.3 Å². The van der Waals surface area contributed by atoms with Crippen molar-refractivity contribution in [1.82, 2.24) is 59.1 Å². The van der Waals surface area contributed by atoms with Crippen LogP contribution in [0.15, 0.2) is 110 Å². The molecule has 94 heavy (non-hydrogen) atoms. The molecular formula is C68H74Cl2F2N14O6S2. The van der Waals surface area contributed by atoms with E-state index in [4.69, 9.17) is 52.3 Å². The van der Waals surface area contributed by atoms with Gasteiger partial charge in [-0.3, -0.25) is 29.0 Å². The Labute approximate surface area is 561 Å². The molecule has 8 heterocycles. The Bertz CT molecular complexity index is 4080. The van der Waals surface area contributed by atoms with Gasteiger partial charge in [0.15, 0.2) is 0 Å². The van der Waals surface area contributed by atoms with Gasteiger partial charge in [0.2, 0.25) is 0 Å². The molecule has 20 nitrogen and oxygen atoms in total. The maximum absolute atomic E-state index is 13.5. The Morgan fingerprint density at radius 3 is 1.59 bits per heavy atom. The Morgan fingerprint density at radius 1 is 0.574 bits per heavy atom. The number of ether oxygens (including phenoxy) is 4. The monoisotopic (exact) mass is 1350 g/mol. The first-order valence-corrected chi connectivity index (χ1v) is 34.0. The topological polar surface area (TPSA) is 202 Å². The number of fused-ring (bicyclic) bond motifs is 10. The van der Waals surface area contributed by atoms with Crippen LogP contribution in [0.5, 0.6) is 11.5 Å². The normalized spacial score (nSPS) is 15.8. The Morgan fingerprint density at radius 2 is 1.07 bits per heavy atom. The number of thiophene rings is 2. The molecule has 492 valence electrons. The van der Waals surface area contributed by atoms with Crippen LogP contribution in [0.25, 0.3) is 41.3 Å². The van der Waals surface area contributed by atoms with Gasteiger partial charge in [0.25, 0.3) is 0 Å². The average molecular weight is 1360 g/mol. The van der Waals surface area contributed by atoms with Crippen molar-refractivity contribution in [2.45, 2.75) is 64.2 Å². The summed E-state index contributed by atoms with van der Waals surface area (Å²) in [5, 5.41) is 41.3. The first kappa shape index (κ1) is 65.4. The summed E-state index contributed by atoms with van der Waals surface area (Å²) >= 11 is 16.4. The number of aryl methyl sites for hydroxylation is 3. The number of aromatic nitrogens is 8. The van der Waals surface area contributed by atoms with Gasteiger partial charge in [-0.2, -0.15) is 10.2 Å². The number of nitrogens with one attached hydrogen (secondary N) is 2. The van der Waals surface area contributed by atoms with Gasteiger partial charge in [-0.1, -0.05) is 47.5 Å². The lowest BCUT2D eigenvalue weighted by molar-refractivity contribution is 0.0533. The fraction of sp³-hybridized carbons (Fsp3) is 0.382. The van der Waals surface area contributed by atoms with Crippen LogP contribution in [-0.4, -0.2) is 187 Å². The van der Waals surface area contributed by atoms with Crippen molar-refractivity contribution < 1.29 is 37.9 Å². The third-order valence-corrected chi connectivity index (χ3v) is 20.4. The van der Waals surface area contributed by atoms with E-state index in [1.54, 1.807) is 98.1 Å². The highest BCUT2D eigenvalue weighted by atomic mass is 35.5. The number of piperazine rings is 2. The van der Waals surface area contributed by atoms with Crippen molar-refractivity contribution in [2.24, 2.45) is 0 Å². The van der Waals surface area contributed by atoms with Gasteiger partial charge < -0.3 is 39.8 Å². The van der Waals surface area contributed by atoms with Crippen LogP contribution >= 0.6 is 45.9 Å². The fourth-order valence-corrected chi connectivity index (χ4v) is 15.6. The van der Waals surface area contributed by atoms with E-state index in [0.29, 0.717) is 59.4 Å². The van der Waals surface area contributed by atoms with Crippen molar-refractivity contribution in [3.8, 4) is 32.4 Å². The van der Waals surface area contributed by atoms with Crippen LogP contribution in [0, 0.1) is 11.6 Å². The molecule has 0 unspecified atom stereocenters. The predicted molar refractivity (Wildman–Crippen MR) is 365 cm³/mol. The molecule has 4 N–H and O–H groups in total. The molecule has 14 rings (SSSR count). The standard InChI is InChI=1S/2C34H37ClFN7O3S/c1-45-14-13-41-9-11-42(12-10-41)18-25(44)19-43-29-7-6-26-31-33(37-21-38-34(31)47-32(26)27(29)17-39-43)40-24-5-8-30(28(35)16-24)46-20-22-3-2-4-23(36)15-22;1-45-14-13-41-9-11-42(12-10-41)17-25(44)18-43-19-27-29(40-43)7-6-26-31-33(37-21-38-34(31)47-32(26)27)39-24-5-8-30(28(35)16-24)46-20-22-3-2-4-23(36)15-22/h2-5,8,15-17,21,25,44H,6-7,9-14,18-20H2,1H3,(H,37,38,40);2-5,8,15-16,19,21,25,44H,6-7,9-14,17-18,20H2,1H3,(H,37,38,39)/t2*25-/m11/s1. The van der Waals surface area contributed by atoms with Gasteiger partial charge in [-0.25, -0.2) is 28.7 Å². The first-order valence-electron chi connectivity index (χ1n) is 31.6. The summed E-state index contributed by atoms with van der Waals surface area (Å²) in [6.45, 7) is 13.8. The number of aliphatic hydroxyl groups excluding tert-OH is 2. The third-order valence-electron chi connectivity index (χ3n) is 17.5. The molecule has 0 spiro atoms. The second-order valence-electron chi connectivity index (χ2n) is 24.0. The highest BCUT2D eigenvalue weighted by molar-refractivity contribution is 7.22. The maximum atomic E-state index is 13.5. The quantitative estimate of drug-likeness (QED) is 0.0444. The molecule has 4 aliphatic rings. The number of halogens is 4. The lowest BCUT2D eigenvalue weighted by Crippen LogP contribution is -2.49. The lowest BCUT2D eigenvalue weighted by Gasteiger charge is -2.35. The number of hydrogen-bond acceptors (Lipinski definition) is 20. The minimum atomic E-state index is -0.504. The zero-order valence-corrected chi connectivity index (χ0v) is 55.5. The molecule has 0 amide bonds. The highest BCUT2D eigenvalue weighted by Gasteiger charge is 2.31. The summed E-state index contributed by atoms with van der Waals surface area (Å²) in [6, 6.07) is 23.6. The molecule has 0 bridgehead atoms. The molecule has 2 aliphatic heterocycles. The molecule has 26 heteroatoms. The van der Waals surface area contributed by atoms with E-state index in [1.165, 1.54) is 35.4 Å². The van der Waals surface area contributed by atoms with Crippen LogP contribution < -0.4 is 20.1 Å². The van der Waals surface area contributed by atoms with Crippen LogP contribution in [-0.2, 0) is 61.5 Å². The number of nitrogens with zero attached hydrogens (tertiary/aromatic N) is 12. The van der Waals surface area contributed by atoms with Gasteiger partial charge in [0.1, 0.15) is 70.3 Å². The van der Waals surface area contributed by atoms with Crippen molar-refractivity contribution in [3.63, 3.8) is 0 Å². The lowest BCUT2D eigenvalue weighted by atomic mass is 9.95. The Hall–Kier alpha value is -7.30. The van der Waals surface area contributed by atoms with Crippen molar-refractivity contribution in [2.75, 3.05) is 117 Å². The average Bonchev–Trinajstić information content (AvgIpc) is 1.61. The van der Waals surface area contributed by atoms with E-state index >= 15 is 0 Å². The molecule has 0 saturated carbocycles. The van der Waals surface area contributed by atoms with Crippen LogP contribution in [0.2, 0.25) is 10.0 Å². The van der Waals surface area contributed by atoms with Gasteiger partial charge in [0.05, 0.1) is 71.2 Å². The van der Waals surface area contributed by atoms with E-state index < -0.39 is 12.2 Å². The van der Waals surface area contributed by atoms with Gasteiger partial charge >= 0.3 is 0 Å². The predicted octanol–water partition coefficient (Wildman–Crippen LogP) is 10.8. The van der Waals surface area contributed by atoms with E-state index in [9.17, 15) is 19.0 Å². The fourth-order valence-electron chi connectivity index (χ4n) is 12.7. The molecule has 4 aromatic carbocycles. The zero-order valence-electron chi connectivity index (χ0n) is 52.3. The smallest absolute Gasteiger partial charge is 0.142 e. The van der Waals surface area contributed by atoms with Gasteiger partial charge in [-0.05, 0) is 109 Å². The minimum Gasteiger partial charge on any atom is -0.487 e. The summed E-state index contributed by atoms with van der Waals surface area (Å²) in [4.78, 5) is 32.0. The molecule has 2 aliphatic carbocycles. The molecule has 10 aromatic rings. The summed E-state index contributed by atoms with van der Waals surface area (Å²) in [7, 11) is 3.47.